The van der Waals surface area contributed by atoms with E-state index in [0.717, 1.165) is 12.1 Å². The second kappa shape index (κ2) is 7.75. The van der Waals surface area contributed by atoms with Gasteiger partial charge in [-0.15, -0.1) is 0 Å². The van der Waals surface area contributed by atoms with Crippen LogP contribution in [-0.2, 0) is 18.8 Å². The van der Waals surface area contributed by atoms with Crippen LogP contribution in [0.4, 0.5) is 30.7 Å². The standard InChI is InChI=1S/C17H11F7O.CH5N/c18-11-6-9-2-1-5-25-15(9)13(8-11)12-4-3-10(16(19,20)21)7-14(12)17(22,23)24;1-2/h3-4,6-8H,1-2,5H2;2H2,1H3. The third-order valence-electron chi connectivity index (χ3n) is 3.91. The Hall–Kier alpha value is -2.29. The molecule has 0 bridgehead atoms. The average Bonchev–Trinajstić information content (AvgIpc) is 2.60. The maximum Gasteiger partial charge on any atom is 0.417 e. The third kappa shape index (κ3) is 4.52. The fourth-order valence-electron chi connectivity index (χ4n) is 2.83. The minimum atomic E-state index is -5.04. The first-order valence-electron chi connectivity index (χ1n) is 7.89. The van der Waals surface area contributed by atoms with E-state index in [1.807, 2.05) is 0 Å². The lowest BCUT2D eigenvalue weighted by Gasteiger charge is -2.23. The summed E-state index contributed by atoms with van der Waals surface area (Å²) in [5.41, 5.74) is 1.25. The zero-order valence-corrected chi connectivity index (χ0v) is 14.1. The Morgan fingerprint density at radius 2 is 1.56 bits per heavy atom. The van der Waals surface area contributed by atoms with Crippen molar-refractivity contribution in [3.05, 3.63) is 52.8 Å². The second-order valence-electron chi connectivity index (χ2n) is 5.65. The van der Waals surface area contributed by atoms with E-state index in [1.54, 1.807) is 0 Å². The summed E-state index contributed by atoms with van der Waals surface area (Å²) in [7, 11) is 1.50. The largest absolute Gasteiger partial charge is 0.493 e. The Kier molecular flexibility index (Phi) is 6.04. The summed E-state index contributed by atoms with van der Waals surface area (Å²) in [5, 5.41) is 0. The molecule has 0 unspecified atom stereocenters. The molecule has 1 aliphatic heterocycles. The zero-order valence-electron chi connectivity index (χ0n) is 14.1. The van der Waals surface area contributed by atoms with Crippen LogP contribution in [0.5, 0.6) is 5.75 Å². The van der Waals surface area contributed by atoms with E-state index >= 15 is 0 Å². The number of fused-ring (bicyclic) bond motifs is 1. The zero-order chi connectivity index (χ0) is 20.4. The van der Waals surface area contributed by atoms with Gasteiger partial charge in [0.25, 0.3) is 0 Å². The molecule has 148 valence electrons. The van der Waals surface area contributed by atoms with Gasteiger partial charge in [-0.1, -0.05) is 6.07 Å². The molecule has 0 saturated heterocycles. The van der Waals surface area contributed by atoms with Crippen molar-refractivity contribution >= 4 is 0 Å². The lowest BCUT2D eigenvalue weighted by Crippen LogP contribution is -2.14. The van der Waals surface area contributed by atoms with Crippen molar-refractivity contribution in [2.24, 2.45) is 5.73 Å². The first-order chi connectivity index (χ1) is 12.6. The van der Waals surface area contributed by atoms with Crippen LogP contribution in [0.25, 0.3) is 11.1 Å². The molecule has 2 nitrogen and oxygen atoms in total. The van der Waals surface area contributed by atoms with Crippen molar-refractivity contribution in [1.82, 2.24) is 0 Å². The Labute approximate surface area is 150 Å². The predicted octanol–water partition coefficient (Wildman–Crippen LogP) is 5.43. The van der Waals surface area contributed by atoms with Crippen molar-refractivity contribution in [2.45, 2.75) is 25.2 Å². The fourth-order valence-corrected chi connectivity index (χ4v) is 2.83. The lowest BCUT2D eigenvalue weighted by atomic mass is 9.92. The van der Waals surface area contributed by atoms with E-state index in [2.05, 4.69) is 5.73 Å². The third-order valence-corrected chi connectivity index (χ3v) is 3.91. The SMILES string of the molecule is CN.Fc1cc2c(c(-c3ccc(C(F)(F)F)cc3C(F)(F)F)c1)OCCC2. The first-order valence-corrected chi connectivity index (χ1v) is 7.89. The van der Waals surface area contributed by atoms with Gasteiger partial charge in [-0.05, 0) is 55.3 Å². The van der Waals surface area contributed by atoms with E-state index in [9.17, 15) is 30.7 Å². The molecule has 0 amide bonds. The molecule has 1 aliphatic rings. The van der Waals surface area contributed by atoms with Crippen LogP contribution in [-0.4, -0.2) is 13.7 Å². The van der Waals surface area contributed by atoms with Crippen LogP contribution in [0.2, 0.25) is 0 Å². The van der Waals surface area contributed by atoms with Crippen molar-refractivity contribution in [2.75, 3.05) is 13.7 Å². The quantitative estimate of drug-likeness (QED) is 0.654. The summed E-state index contributed by atoms with van der Waals surface area (Å²) < 4.78 is 97.5. The molecule has 27 heavy (non-hydrogen) atoms. The molecule has 2 N–H and O–H groups in total. The number of hydrogen-bond acceptors (Lipinski definition) is 2. The number of hydrogen-bond donors (Lipinski definition) is 1. The summed E-state index contributed by atoms with van der Waals surface area (Å²) >= 11 is 0. The van der Waals surface area contributed by atoms with Crippen LogP contribution >= 0.6 is 0 Å². The Morgan fingerprint density at radius 3 is 2.15 bits per heavy atom. The Bertz CT molecular complexity index is 813. The molecule has 1 heterocycles. The van der Waals surface area contributed by atoms with Gasteiger partial charge in [0.2, 0.25) is 0 Å². The van der Waals surface area contributed by atoms with Gasteiger partial charge < -0.3 is 10.5 Å². The topological polar surface area (TPSA) is 35.2 Å². The van der Waals surface area contributed by atoms with Gasteiger partial charge in [0.05, 0.1) is 17.7 Å². The highest BCUT2D eigenvalue weighted by atomic mass is 19.4. The Morgan fingerprint density at radius 1 is 0.889 bits per heavy atom. The minimum absolute atomic E-state index is 0.0372. The van der Waals surface area contributed by atoms with Crippen LogP contribution in [0.1, 0.15) is 23.1 Å². The number of ether oxygens (including phenoxy) is 1. The first kappa shape index (κ1) is 21.0. The van der Waals surface area contributed by atoms with Gasteiger partial charge in [-0.2, -0.15) is 26.3 Å². The average molecular weight is 395 g/mol. The van der Waals surface area contributed by atoms with Crippen molar-refractivity contribution in [3.8, 4) is 16.9 Å². The maximum absolute atomic E-state index is 13.8. The van der Waals surface area contributed by atoms with Gasteiger partial charge in [0.1, 0.15) is 11.6 Å². The van der Waals surface area contributed by atoms with Gasteiger partial charge >= 0.3 is 12.4 Å². The predicted molar refractivity (Wildman–Crippen MR) is 85.8 cm³/mol. The smallest absolute Gasteiger partial charge is 0.417 e. The van der Waals surface area contributed by atoms with Gasteiger partial charge in [0, 0.05) is 5.56 Å². The van der Waals surface area contributed by atoms with Gasteiger partial charge in [-0.25, -0.2) is 4.39 Å². The molecule has 0 atom stereocenters. The summed E-state index contributed by atoms with van der Waals surface area (Å²) in [4.78, 5) is 0. The van der Waals surface area contributed by atoms with Gasteiger partial charge in [-0.3, -0.25) is 0 Å². The number of alkyl halides is 6. The molecule has 0 saturated carbocycles. The molecular weight excluding hydrogens is 379 g/mol. The Balaban J connectivity index is 0.00000126. The molecular formula is C18H16F7NO. The summed E-state index contributed by atoms with van der Waals surface area (Å²) in [6, 6.07) is 3.30. The number of halogens is 7. The number of aryl methyl sites for hydroxylation is 1. The summed E-state index contributed by atoms with van der Waals surface area (Å²) in [5.74, 6) is -0.690. The molecule has 3 rings (SSSR count). The van der Waals surface area contributed by atoms with Crippen LogP contribution < -0.4 is 10.5 Å². The van der Waals surface area contributed by atoms with E-state index in [4.69, 9.17) is 4.74 Å². The number of rotatable bonds is 1. The molecule has 0 radical (unpaired) electrons. The van der Waals surface area contributed by atoms with Crippen LogP contribution in [0.15, 0.2) is 30.3 Å². The normalized spacial score (nSPS) is 14.0. The number of benzene rings is 2. The molecule has 2 aromatic carbocycles. The summed E-state index contributed by atoms with van der Waals surface area (Å²) in [6.45, 7) is 0.244. The highest BCUT2D eigenvalue weighted by molar-refractivity contribution is 5.76. The van der Waals surface area contributed by atoms with Crippen molar-refractivity contribution in [1.29, 1.82) is 0 Å². The maximum atomic E-state index is 13.8. The molecule has 0 aromatic heterocycles. The highest BCUT2D eigenvalue weighted by Gasteiger charge is 2.39. The van der Waals surface area contributed by atoms with Crippen LogP contribution in [0.3, 0.4) is 0 Å². The molecule has 0 aliphatic carbocycles. The molecule has 0 fully saturated rings. The molecule has 0 spiro atoms. The van der Waals surface area contributed by atoms with E-state index in [0.29, 0.717) is 30.5 Å². The molecule has 9 heteroatoms. The van der Waals surface area contributed by atoms with E-state index in [1.165, 1.54) is 7.05 Å². The number of nitrogens with two attached hydrogens (primary N) is 1. The fraction of sp³-hybridized carbons (Fsp3) is 0.333. The van der Waals surface area contributed by atoms with E-state index < -0.39 is 34.9 Å². The minimum Gasteiger partial charge on any atom is -0.493 e. The monoisotopic (exact) mass is 395 g/mol. The highest BCUT2D eigenvalue weighted by Crippen LogP contribution is 2.45. The van der Waals surface area contributed by atoms with E-state index in [-0.39, 0.29) is 24.0 Å². The molecule has 2 aromatic rings. The van der Waals surface area contributed by atoms with Gasteiger partial charge in [0.15, 0.2) is 0 Å². The van der Waals surface area contributed by atoms with Crippen molar-refractivity contribution in [3.63, 3.8) is 0 Å². The summed E-state index contributed by atoms with van der Waals surface area (Å²) in [6.07, 6.45) is -8.96. The second-order valence-corrected chi connectivity index (χ2v) is 5.65. The van der Waals surface area contributed by atoms with Crippen LogP contribution in [0, 0.1) is 5.82 Å². The lowest BCUT2D eigenvalue weighted by molar-refractivity contribution is -0.142. The van der Waals surface area contributed by atoms with Crippen molar-refractivity contribution < 1.29 is 35.5 Å².